The zero-order valence-electron chi connectivity index (χ0n) is 19.1. The maximum absolute atomic E-state index is 13.1. The van der Waals surface area contributed by atoms with Crippen LogP contribution in [0.15, 0.2) is 77.7 Å². The van der Waals surface area contributed by atoms with Crippen molar-refractivity contribution in [3.05, 3.63) is 95.1 Å². The van der Waals surface area contributed by atoms with Crippen molar-refractivity contribution in [3.63, 3.8) is 0 Å². The van der Waals surface area contributed by atoms with Crippen LogP contribution in [0, 0.1) is 6.92 Å². The van der Waals surface area contributed by atoms with Crippen LogP contribution in [0.4, 0.5) is 0 Å². The summed E-state index contributed by atoms with van der Waals surface area (Å²) in [5.74, 6) is 1.73. The summed E-state index contributed by atoms with van der Waals surface area (Å²) in [6.07, 6.45) is 2.61. The van der Waals surface area contributed by atoms with Crippen LogP contribution >= 0.6 is 11.8 Å². The summed E-state index contributed by atoms with van der Waals surface area (Å²) in [6, 6.07) is 24.5. The lowest BCUT2D eigenvalue weighted by Crippen LogP contribution is -2.44. The quantitative estimate of drug-likeness (QED) is 0.394. The molecule has 0 unspecified atom stereocenters. The number of nitrogens with one attached hydrogen (secondary N) is 1. The number of hydrogen-bond donors (Lipinski definition) is 1. The Morgan fingerprint density at radius 3 is 2.38 bits per heavy atom. The van der Waals surface area contributed by atoms with E-state index in [9.17, 15) is 4.79 Å². The fourth-order valence-electron chi connectivity index (χ4n) is 4.23. The summed E-state index contributed by atoms with van der Waals surface area (Å²) in [4.78, 5) is 14.3. The normalized spacial score (nSPS) is 16.7. The molecule has 0 spiro atoms. The molecule has 1 heterocycles. The standard InChI is InChI=1S/C28H31NO2S/c1-4-28(5-2)18-25(24-8-6-7-9-26(24)31-28)29-27(30)22-14-12-21(13-15-22)19-32-23-16-10-20(3)11-17-23/h6-17,25H,4-5,18-19H2,1-3H3,(H,29,30)/t25-/m1/s1. The van der Waals surface area contributed by atoms with Gasteiger partial charge in [0.1, 0.15) is 11.4 Å². The molecule has 1 N–H and O–H groups in total. The molecular formula is C28H31NO2S. The Morgan fingerprint density at radius 2 is 1.69 bits per heavy atom. The first-order valence-electron chi connectivity index (χ1n) is 11.4. The van der Waals surface area contributed by atoms with E-state index in [4.69, 9.17) is 4.74 Å². The van der Waals surface area contributed by atoms with Crippen LogP contribution in [0.25, 0.3) is 0 Å². The number of para-hydroxylation sites is 1. The molecule has 0 aliphatic carbocycles. The van der Waals surface area contributed by atoms with Crippen LogP contribution in [0.3, 0.4) is 0 Å². The van der Waals surface area contributed by atoms with E-state index in [-0.39, 0.29) is 17.6 Å². The van der Waals surface area contributed by atoms with Crippen LogP contribution in [0.2, 0.25) is 0 Å². The molecule has 4 rings (SSSR count). The van der Waals surface area contributed by atoms with Gasteiger partial charge in [-0.25, -0.2) is 0 Å². The van der Waals surface area contributed by atoms with Gasteiger partial charge in [0.2, 0.25) is 0 Å². The number of ether oxygens (including phenoxy) is 1. The molecule has 3 aromatic rings. The third kappa shape index (κ3) is 5.02. The van der Waals surface area contributed by atoms with Crippen molar-refractivity contribution in [1.29, 1.82) is 0 Å². The Balaban J connectivity index is 1.43. The molecule has 0 fully saturated rings. The zero-order valence-corrected chi connectivity index (χ0v) is 19.9. The molecular weight excluding hydrogens is 414 g/mol. The Morgan fingerprint density at radius 1 is 1.00 bits per heavy atom. The first kappa shape index (κ1) is 22.5. The number of thioether (sulfide) groups is 1. The molecule has 1 atom stereocenters. The van der Waals surface area contributed by atoms with Gasteiger partial charge in [-0.3, -0.25) is 4.79 Å². The van der Waals surface area contributed by atoms with E-state index in [1.807, 2.05) is 42.1 Å². The summed E-state index contributed by atoms with van der Waals surface area (Å²) in [5.41, 5.74) is 4.00. The smallest absolute Gasteiger partial charge is 0.251 e. The van der Waals surface area contributed by atoms with Gasteiger partial charge in [0, 0.05) is 28.2 Å². The van der Waals surface area contributed by atoms with Crippen molar-refractivity contribution >= 4 is 17.7 Å². The molecule has 32 heavy (non-hydrogen) atoms. The molecule has 0 saturated heterocycles. The van der Waals surface area contributed by atoms with Gasteiger partial charge >= 0.3 is 0 Å². The Kier molecular flexibility index (Phi) is 6.90. The third-order valence-corrected chi connectivity index (χ3v) is 7.52. The molecule has 166 valence electrons. The van der Waals surface area contributed by atoms with Crippen LogP contribution < -0.4 is 10.1 Å². The zero-order chi connectivity index (χ0) is 22.6. The topological polar surface area (TPSA) is 38.3 Å². The molecule has 0 aromatic heterocycles. The van der Waals surface area contributed by atoms with E-state index in [1.54, 1.807) is 0 Å². The number of benzene rings is 3. The Labute approximate surface area is 195 Å². The summed E-state index contributed by atoms with van der Waals surface area (Å²) in [7, 11) is 0. The highest BCUT2D eigenvalue weighted by Crippen LogP contribution is 2.42. The second-order valence-electron chi connectivity index (χ2n) is 8.56. The summed E-state index contributed by atoms with van der Waals surface area (Å²) < 4.78 is 6.37. The van der Waals surface area contributed by atoms with Crippen molar-refractivity contribution in [2.45, 2.75) is 62.3 Å². The maximum Gasteiger partial charge on any atom is 0.251 e. The van der Waals surface area contributed by atoms with Crippen molar-refractivity contribution in [1.82, 2.24) is 5.32 Å². The minimum atomic E-state index is -0.233. The van der Waals surface area contributed by atoms with Gasteiger partial charge in [0.05, 0.1) is 6.04 Å². The Bertz CT molecular complexity index is 1060. The molecule has 3 nitrogen and oxygen atoms in total. The molecule has 1 aliphatic heterocycles. The van der Waals surface area contributed by atoms with E-state index in [0.717, 1.165) is 36.3 Å². The number of carbonyl (C=O) groups excluding carboxylic acids is 1. The van der Waals surface area contributed by atoms with E-state index in [0.29, 0.717) is 5.56 Å². The number of fused-ring (bicyclic) bond motifs is 1. The second kappa shape index (κ2) is 9.83. The first-order valence-corrected chi connectivity index (χ1v) is 12.4. The van der Waals surface area contributed by atoms with Gasteiger partial charge < -0.3 is 10.1 Å². The van der Waals surface area contributed by atoms with E-state index >= 15 is 0 Å². The van der Waals surface area contributed by atoms with Crippen LogP contribution in [-0.2, 0) is 5.75 Å². The highest BCUT2D eigenvalue weighted by atomic mass is 32.2. The average molecular weight is 446 g/mol. The fourth-order valence-corrected chi connectivity index (χ4v) is 5.08. The van der Waals surface area contributed by atoms with Gasteiger partial charge in [0.15, 0.2) is 0 Å². The minimum absolute atomic E-state index is 0.0365. The van der Waals surface area contributed by atoms with Crippen LogP contribution in [0.1, 0.15) is 66.2 Å². The Hall–Kier alpha value is -2.72. The lowest BCUT2D eigenvalue weighted by molar-refractivity contribution is 0.0227. The molecule has 0 saturated carbocycles. The lowest BCUT2D eigenvalue weighted by atomic mass is 9.83. The molecule has 1 amide bonds. The average Bonchev–Trinajstić information content (AvgIpc) is 2.84. The number of aryl methyl sites for hydroxylation is 1. The predicted octanol–water partition coefficient (Wildman–Crippen LogP) is 7.10. The van der Waals surface area contributed by atoms with Crippen molar-refractivity contribution in [2.75, 3.05) is 0 Å². The SMILES string of the molecule is CCC1(CC)C[C@@H](NC(=O)c2ccc(CSc3ccc(C)cc3)cc2)c2ccccc2O1. The summed E-state index contributed by atoms with van der Waals surface area (Å²) in [5, 5.41) is 3.27. The first-order chi connectivity index (χ1) is 15.5. The van der Waals surface area contributed by atoms with E-state index in [2.05, 4.69) is 68.6 Å². The van der Waals surface area contributed by atoms with Crippen LogP contribution in [-0.4, -0.2) is 11.5 Å². The third-order valence-electron chi connectivity index (χ3n) is 6.43. The van der Waals surface area contributed by atoms with Crippen molar-refractivity contribution < 1.29 is 9.53 Å². The van der Waals surface area contributed by atoms with Gasteiger partial charge in [0.25, 0.3) is 5.91 Å². The molecule has 3 aromatic carbocycles. The van der Waals surface area contributed by atoms with Crippen LogP contribution in [0.5, 0.6) is 5.75 Å². The minimum Gasteiger partial charge on any atom is -0.487 e. The van der Waals surface area contributed by atoms with Crippen molar-refractivity contribution in [3.8, 4) is 5.75 Å². The maximum atomic E-state index is 13.1. The highest BCUT2D eigenvalue weighted by Gasteiger charge is 2.38. The number of rotatable bonds is 7. The van der Waals surface area contributed by atoms with Gasteiger partial charge in [-0.15, -0.1) is 11.8 Å². The monoisotopic (exact) mass is 445 g/mol. The fraction of sp³-hybridized carbons (Fsp3) is 0.321. The largest absolute Gasteiger partial charge is 0.487 e. The van der Waals surface area contributed by atoms with Gasteiger partial charge in [-0.05, 0) is 55.7 Å². The number of hydrogen-bond acceptors (Lipinski definition) is 3. The number of amides is 1. The summed E-state index contributed by atoms with van der Waals surface area (Å²) in [6.45, 7) is 6.41. The predicted molar refractivity (Wildman–Crippen MR) is 132 cm³/mol. The number of carbonyl (C=O) groups is 1. The van der Waals surface area contributed by atoms with E-state index < -0.39 is 0 Å². The lowest BCUT2D eigenvalue weighted by Gasteiger charge is -2.41. The molecule has 4 heteroatoms. The van der Waals surface area contributed by atoms with Gasteiger partial charge in [-0.1, -0.05) is 61.9 Å². The van der Waals surface area contributed by atoms with Gasteiger partial charge in [-0.2, -0.15) is 0 Å². The van der Waals surface area contributed by atoms with E-state index in [1.165, 1.54) is 16.0 Å². The highest BCUT2D eigenvalue weighted by molar-refractivity contribution is 7.98. The molecule has 0 bridgehead atoms. The molecule has 0 radical (unpaired) electrons. The summed E-state index contributed by atoms with van der Waals surface area (Å²) >= 11 is 1.81. The second-order valence-corrected chi connectivity index (χ2v) is 9.61. The molecule has 1 aliphatic rings. The van der Waals surface area contributed by atoms with Crippen molar-refractivity contribution in [2.24, 2.45) is 0 Å².